The molecule has 0 nitrogen and oxygen atoms in total. The van der Waals surface area contributed by atoms with Crippen molar-refractivity contribution >= 4 is 0 Å². The topological polar surface area (TPSA) is 0 Å². The van der Waals surface area contributed by atoms with Crippen molar-refractivity contribution in [3.8, 4) is 0 Å². The van der Waals surface area contributed by atoms with E-state index in [1.54, 1.807) is 0 Å². The molecule has 0 spiro atoms. The van der Waals surface area contributed by atoms with E-state index < -0.39 is 0 Å². The first-order valence-corrected chi connectivity index (χ1v) is 4.34. The lowest BCUT2D eigenvalue weighted by atomic mass is 9.95. The second-order valence-corrected chi connectivity index (χ2v) is 3.39. The number of rotatable bonds is 3. The Kier molecular flexibility index (Phi) is 4.93. The summed E-state index contributed by atoms with van der Waals surface area (Å²) in [6, 6.07) is 0. The third-order valence-electron chi connectivity index (χ3n) is 2.25. The highest BCUT2D eigenvalue weighted by molar-refractivity contribution is 5.10. The van der Waals surface area contributed by atoms with Crippen LogP contribution in [0.3, 0.4) is 0 Å². The van der Waals surface area contributed by atoms with Crippen LogP contribution in [0, 0.1) is 5.92 Å². The van der Waals surface area contributed by atoms with Crippen molar-refractivity contribution in [3.63, 3.8) is 0 Å². The summed E-state index contributed by atoms with van der Waals surface area (Å²) in [5.74, 6) is 0.705. The van der Waals surface area contributed by atoms with E-state index in [0.717, 1.165) is 0 Å². The molecule has 0 radical (unpaired) electrons. The largest absolute Gasteiger partial charge is 0.0916 e. The Balaban J connectivity index is 4.03. The molecule has 64 valence electrons. The van der Waals surface area contributed by atoms with Crippen molar-refractivity contribution in [2.24, 2.45) is 5.92 Å². The summed E-state index contributed by atoms with van der Waals surface area (Å²) in [5, 5.41) is 0. The molecule has 0 N–H and O–H groups in total. The molecule has 0 aliphatic carbocycles. The lowest BCUT2D eigenvalue weighted by Gasteiger charge is -2.11. The minimum absolute atomic E-state index is 0.705. The van der Waals surface area contributed by atoms with Crippen LogP contribution < -0.4 is 0 Å². The van der Waals surface area contributed by atoms with Gasteiger partial charge in [0.15, 0.2) is 0 Å². The summed E-state index contributed by atoms with van der Waals surface area (Å²) >= 11 is 0. The van der Waals surface area contributed by atoms with E-state index >= 15 is 0 Å². The first kappa shape index (κ1) is 10.5. The zero-order valence-corrected chi connectivity index (χ0v) is 8.44. The van der Waals surface area contributed by atoms with E-state index in [0.29, 0.717) is 5.92 Å². The van der Waals surface area contributed by atoms with Crippen molar-refractivity contribution in [1.29, 1.82) is 0 Å². The van der Waals surface area contributed by atoms with Crippen molar-refractivity contribution in [2.75, 3.05) is 0 Å². The maximum atomic E-state index is 2.28. The van der Waals surface area contributed by atoms with E-state index in [9.17, 15) is 0 Å². The average molecular weight is 152 g/mol. The fraction of sp³-hybridized carbons (Fsp3) is 0.636. The molecule has 0 aromatic carbocycles. The quantitative estimate of drug-likeness (QED) is 0.537. The SMILES string of the molecule is CC=CCC(C)C(C)=C(C)C. The van der Waals surface area contributed by atoms with Crippen molar-refractivity contribution in [1.82, 2.24) is 0 Å². The summed E-state index contributed by atoms with van der Waals surface area (Å²) in [6.07, 6.45) is 5.53. The van der Waals surface area contributed by atoms with Crippen LogP contribution in [0.25, 0.3) is 0 Å². The maximum absolute atomic E-state index is 2.28. The molecule has 0 rings (SSSR count). The van der Waals surface area contributed by atoms with E-state index in [-0.39, 0.29) is 0 Å². The fourth-order valence-electron chi connectivity index (χ4n) is 1.01. The zero-order chi connectivity index (χ0) is 8.85. The lowest BCUT2D eigenvalue weighted by molar-refractivity contribution is 0.685. The molecule has 1 atom stereocenters. The van der Waals surface area contributed by atoms with Gasteiger partial charge in [-0.05, 0) is 40.0 Å². The lowest BCUT2D eigenvalue weighted by Crippen LogP contribution is -1.95. The monoisotopic (exact) mass is 152 g/mol. The van der Waals surface area contributed by atoms with E-state index in [1.807, 2.05) is 0 Å². The Bertz CT molecular complexity index is 157. The second kappa shape index (κ2) is 5.17. The molecule has 1 unspecified atom stereocenters. The summed E-state index contributed by atoms with van der Waals surface area (Å²) in [6.45, 7) is 10.9. The molecule has 11 heavy (non-hydrogen) atoms. The summed E-state index contributed by atoms with van der Waals surface area (Å²) in [5.41, 5.74) is 2.99. The van der Waals surface area contributed by atoms with Crippen LogP contribution in [-0.2, 0) is 0 Å². The highest BCUT2D eigenvalue weighted by Crippen LogP contribution is 2.17. The third kappa shape index (κ3) is 4.02. The molecular weight excluding hydrogens is 132 g/mol. The number of allylic oxidation sites excluding steroid dienone is 4. The molecular formula is C11H20. The second-order valence-electron chi connectivity index (χ2n) is 3.39. The van der Waals surface area contributed by atoms with Gasteiger partial charge in [-0.25, -0.2) is 0 Å². The van der Waals surface area contributed by atoms with Gasteiger partial charge in [0.2, 0.25) is 0 Å². The Morgan fingerprint density at radius 3 is 2.18 bits per heavy atom. The van der Waals surface area contributed by atoms with Crippen LogP contribution in [0.15, 0.2) is 23.3 Å². The third-order valence-corrected chi connectivity index (χ3v) is 2.25. The Morgan fingerprint density at radius 2 is 1.82 bits per heavy atom. The summed E-state index contributed by atoms with van der Waals surface area (Å²) in [7, 11) is 0. The Hall–Kier alpha value is -0.520. The van der Waals surface area contributed by atoms with E-state index in [1.165, 1.54) is 17.6 Å². The first-order valence-electron chi connectivity index (χ1n) is 4.34. The minimum atomic E-state index is 0.705. The predicted octanol–water partition coefficient (Wildman–Crippen LogP) is 3.95. The van der Waals surface area contributed by atoms with Crippen molar-refractivity contribution < 1.29 is 0 Å². The van der Waals surface area contributed by atoms with Crippen LogP contribution in [0.1, 0.15) is 41.0 Å². The molecule has 0 aromatic heterocycles. The smallest absolute Gasteiger partial charge is 0.0197 e. The molecule has 0 aromatic rings. The maximum Gasteiger partial charge on any atom is -0.0197 e. The average Bonchev–Trinajstić information content (AvgIpc) is 1.98. The molecule has 0 saturated carbocycles. The normalized spacial score (nSPS) is 13.5. The van der Waals surface area contributed by atoms with Gasteiger partial charge in [-0.2, -0.15) is 0 Å². The molecule has 0 heteroatoms. The highest BCUT2D eigenvalue weighted by atomic mass is 14.1. The summed E-state index contributed by atoms with van der Waals surface area (Å²) in [4.78, 5) is 0. The van der Waals surface area contributed by atoms with Gasteiger partial charge in [-0.15, -0.1) is 0 Å². The molecule has 0 aliphatic heterocycles. The highest BCUT2D eigenvalue weighted by Gasteiger charge is 2.02. The van der Waals surface area contributed by atoms with Gasteiger partial charge in [0, 0.05) is 0 Å². The van der Waals surface area contributed by atoms with Crippen LogP contribution in [0.5, 0.6) is 0 Å². The zero-order valence-electron chi connectivity index (χ0n) is 8.44. The Labute approximate surface area is 71.0 Å². The van der Waals surface area contributed by atoms with Crippen molar-refractivity contribution in [2.45, 2.75) is 41.0 Å². The molecule has 0 aliphatic rings. The van der Waals surface area contributed by atoms with Gasteiger partial charge in [-0.1, -0.05) is 30.2 Å². The first-order chi connectivity index (χ1) is 5.09. The van der Waals surface area contributed by atoms with Crippen LogP contribution in [-0.4, -0.2) is 0 Å². The van der Waals surface area contributed by atoms with E-state index in [2.05, 4.69) is 46.8 Å². The van der Waals surface area contributed by atoms with Gasteiger partial charge in [-0.3, -0.25) is 0 Å². The van der Waals surface area contributed by atoms with E-state index in [4.69, 9.17) is 0 Å². The van der Waals surface area contributed by atoms with Crippen LogP contribution in [0.2, 0.25) is 0 Å². The van der Waals surface area contributed by atoms with Gasteiger partial charge < -0.3 is 0 Å². The van der Waals surface area contributed by atoms with Crippen LogP contribution >= 0.6 is 0 Å². The summed E-state index contributed by atoms with van der Waals surface area (Å²) < 4.78 is 0. The molecule has 0 saturated heterocycles. The Morgan fingerprint density at radius 1 is 1.27 bits per heavy atom. The molecule has 0 amide bonds. The molecule has 0 fully saturated rings. The van der Waals surface area contributed by atoms with Gasteiger partial charge in [0.25, 0.3) is 0 Å². The van der Waals surface area contributed by atoms with Gasteiger partial charge in [0.1, 0.15) is 0 Å². The minimum Gasteiger partial charge on any atom is -0.0916 e. The molecule has 0 bridgehead atoms. The van der Waals surface area contributed by atoms with Crippen molar-refractivity contribution in [3.05, 3.63) is 23.3 Å². The molecule has 0 heterocycles. The predicted molar refractivity (Wildman–Crippen MR) is 52.6 cm³/mol. The van der Waals surface area contributed by atoms with Gasteiger partial charge in [0.05, 0.1) is 0 Å². The number of hydrogen-bond donors (Lipinski definition) is 0. The number of hydrogen-bond acceptors (Lipinski definition) is 0. The standard InChI is InChI=1S/C11H20/c1-6-7-8-10(4)11(5)9(2)3/h6-7,10H,8H2,1-5H3. The van der Waals surface area contributed by atoms with Crippen LogP contribution in [0.4, 0.5) is 0 Å². The van der Waals surface area contributed by atoms with Gasteiger partial charge >= 0.3 is 0 Å². The fourth-order valence-corrected chi connectivity index (χ4v) is 1.01.